The van der Waals surface area contributed by atoms with Crippen LogP contribution in [-0.2, 0) is 4.74 Å². The molecule has 0 radical (unpaired) electrons. The lowest BCUT2D eigenvalue weighted by Crippen LogP contribution is -2.36. The maximum Gasteiger partial charge on any atom is 0.258 e. The van der Waals surface area contributed by atoms with Gasteiger partial charge in [-0.15, -0.1) is 0 Å². The predicted molar refractivity (Wildman–Crippen MR) is 87.4 cm³/mol. The lowest BCUT2D eigenvalue weighted by molar-refractivity contribution is 0.122. The van der Waals surface area contributed by atoms with Crippen LogP contribution in [0.5, 0.6) is 0 Å². The van der Waals surface area contributed by atoms with Gasteiger partial charge in [0.25, 0.3) is 5.56 Å². The monoisotopic (exact) mass is 319 g/mol. The van der Waals surface area contributed by atoms with E-state index < -0.39 is 0 Å². The molecule has 0 unspecified atom stereocenters. The normalized spacial score (nSPS) is 15.1. The maximum atomic E-state index is 12.2. The Balaban J connectivity index is 2.00. The van der Waals surface area contributed by atoms with Crippen molar-refractivity contribution >= 4 is 17.3 Å². The molecule has 1 aliphatic heterocycles. The van der Waals surface area contributed by atoms with Gasteiger partial charge in [0.1, 0.15) is 5.82 Å². The molecule has 0 saturated carbocycles. The van der Waals surface area contributed by atoms with E-state index in [1.165, 1.54) is 6.07 Å². The van der Waals surface area contributed by atoms with Crippen molar-refractivity contribution < 1.29 is 4.74 Å². The van der Waals surface area contributed by atoms with Crippen molar-refractivity contribution in [3.8, 4) is 5.69 Å². The number of halogens is 1. The van der Waals surface area contributed by atoms with E-state index in [1.54, 1.807) is 4.57 Å². The molecule has 22 heavy (non-hydrogen) atoms. The lowest BCUT2D eigenvalue weighted by atomic mass is 10.2. The number of aryl methyl sites for hydroxylation is 2. The summed E-state index contributed by atoms with van der Waals surface area (Å²) in [5.74, 6) is 0.653. The fourth-order valence-electron chi connectivity index (χ4n) is 2.75. The Morgan fingerprint density at radius 3 is 2.55 bits per heavy atom. The van der Waals surface area contributed by atoms with Crippen LogP contribution in [0.1, 0.15) is 11.5 Å². The fraction of sp³-hybridized carbons (Fsp3) is 0.375. The number of anilines is 1. The zero-order valence-corrected chi connectivity index (χ0v) is 13.4. The van der Waals surface area contributed by atoms with Crippen molar-refractivity contribution in [1.82, 2.24) is 9.55 Å². The van der Waals surface area contributed by atoms with Gasteiger partial charge in [0.15, 0.2) is 0 Å². The molecule has 1 aromatic carbocycles. The van der Waals surface area contributed by atoms with Gasteiger partial charge in [-0.1, -0.05) is 11.6 Å². The van der Waals surface area contributed by atoms with Crippen LogP contribution in [0, 0.1) is 13.8 Å². The van der Waals surface area contributed by atoms with Crippen LogP contribution >= 0.6 is 11.6 Å². The molecule has 1 aromatic heterocycles. The molecule has 3 rings (SSSR count). The van der Waals surface area contributed by atoms with Crippen LogP contribution in [0.3, 0.4) is 0 Å². The molecular weight excluding hydrogens is 302 g/mol. The average Bonchev–Trinajstić information content (AvgIpc) is 2.47. The minimum absolute atomic E-state index is 0.0970. The third-order valence-corrected chi connectivity index (χ3v) is 4.06. The minimum atomic E-state index is -0.0970. The molecule has 0 amide bonds. The number of rotatable bonds is 2. The summed E-state index contributed by atoms with van der Waals surface area (Å²) in [4.78, 5) is 18.8. The van der Waals surface area contributed by atoms with Gasteiger partial charge in [-0.25, -0.2) is 4.98 Å². The first-order valence-corrected chi connectivity index (χ1v) is 7.64. The quantitative estimate of drug-likeness (QED) is 0.852. The van der Waals surface area contributed by atoms with Crippen LogP contribution in [0.4, 0.5) is 5.69 Å². The highest BCUT2D eigenvalue weighted by Crippen LogP contribution is 2.28. The number of hydrogen-bond acceptors (Lipinski definition) is 4. The highest BCUT2D eigenvalue weighted by molar-refractivity contribution is 6.33. The second-order valence-corrected chi connectivity index (χ2v) is 5.76. The summed E-state index contributed by atoms with van der Waals surface area (Å²) in [6.07, 6.45) is 0. The van der Waals surface area contributed by atoms with Gasteiger partial charge in [-0.05, 0) is 32.0 Å². The molecule has 1 fully saturated rings. The largest absolute Gasteiger partial charge is 0.378 e. The van der Waals surface area contributed by atoms with Crippen LogP contribution < -0.4 is 10.5 Å². The molecule has 6 heteroatoms. The van der Waals surface area contributed by atoms with E-state index in [4.69, 9.17) is 16.3 Å². The predicted octanol–water partition coefficient (Wildman–Crippen LogP) is 2.34. The average molecular weight is 320 g/mol. The van der Waals surface area contributed by atoms with Gasteiger partial charge in [0.2, 0.25) is 0 Å². The van der Waals surface area contributed by atoms with Crippen molar-refractivity contribution in [3.63, 3.8) is 0 Å². The first kappa shape index (κ1) is 15.1. The van der Waals surface area contributed by atoms with Gasteiger partial charge >= 0.3 is 0 Å². The zero-order chi connectivity index (χ0) is 15.7. The maximum absolute atomic E-state index is 12.2. The SMILES string of the molecule is Cc1cc(=O)n(-c2ccc(N3CCOCC3)c(Cl)c2)c(C)n1. The Morgan fingerprint density at radius 2 is 1.91 bits per heavy atom. The van der Waals surface area contributed by atoms with E-state index >= 15 is 0 Å². The van der Waals surface area contributed by atoms with Crippen molar-refractivity contribution in [1.29, 1.82) is 0 Å². The summed E-state index contributed by atoms with van der Waals surface area (Å²) in [5, 5.41) is 0.631. The number of aromatic nitrogens is 2. The first-order valence-electron chi connectivity index (χ1n) is 7.26. The molecule has 0 bridgehead atoms. The van der Waals surface area contributed by atoms with Crippen LogP contribution in [0.2, 0.25) is 5.02 Å². The third-order valence-electron chi connectivity index (χ3n) is 3.76. The van der Waals surface area contributed by atoms with Crippen molar-refractivity contribution in [2.24, 2.45) is 0 Å². The Kier molecular flexibility index (Phi) is 4.18. The second kappa shape index (κ2) is 6.10. The Labute approximate surface area is 134 Å². The number of nitrogens with zero attached hydrogens (tertiary/aromatic N) is 3. The van der Waals surface area contributed by atoms with E-state index in [-0.39, 0.29) is 5.56 Å². The van der Waals surface area contributed by atoms with E-state index in [1.807, 2.05) is 32.0 Å². The molecular formula is C16H18ClN3O2. The Bertz CT molecular complexity index is 752. The molecule has 0 spiro atoms. The van der Waals surface area contributed by atoms with E-state index in [0.717, 1.165) is 30.2 Å². The topological polar surface area (TPSA) is 47.4 Å². The van der Waals surface area contributed by atoms with Gasteiger partial charge in [-0.2, -0.15) is 0 Å². The van der Waals surface area contributed by atoms with Crippen LogP contribution in [0.25, 0.3) is 5.69 Å². The molecule has 116 valence electrons. The Hall–Kier alpha value is -1.85. The van der Waals surface area contributed by atoms with E-state index in [0.29, 0.717) is 24.1 Å². The van der Waals surface area contributed by atoms with E-state index in [9.17, 15) is 4.79 Å². The van der Waals surface area contributed by atoms with Gasteiger partial charge in [0, 0.05) is 24.8 Å². The summed E-state index contributed by atoms with van der Waals surface area (Å²) in [6, 6.07) is 7.20. The molecule has 0 aliphatic carbocycles. The summed E-state index contributed by atoms with van der Waals surface area (Å²) in [6.45, 7) is 6.69. The van der Waals surface area contributed by atoms with Gasteiger partial charge in [-0.3, -0.25) is 9.36 Å². The summed E-state index contributed by atoms with van der Waals surface area (Å²) in [5.41, 5.74) is 2.33. The minimum Gasteiger partial charge on any atom is -0.378 e. The highest BCUT2D eigenvalue weighted by Gasteiger charge is 2.15. The summed E-state index contributed by atoms with van der Waals surface area (Å²) >= 11 is 6.43. The summed E-state index contributed by atoms with van der Waals surface area (Å²) < 4.78 is 6.93. The zero-order valence-electron chi connectivity index (χ0n) is 12.7. The second-order valence-electron chi connectivity index (χ2n) is 5.35. The van der Waals surface area contributed by atoms with Crippen molar-refractivity contribution in [2.45, 2.75) is 13.8 Å². The molecule has 2 aromatic rings. The molecule has 1 saturated heterocycles. The smallest absolute Gasteiger partial charge is 0.258 e. The lowest BCUT2D eigenvalue weighted by Gasteiger charge is -2.29. The fourth-order valence-corrected chi connectivity index (χ4v) is 3.04. The molecule has 5 nitrogen and oxygen atoms in total. The number of benzene rings is 1. The molecule has 0 atom stereocenters. The highest BCUT2D eigenvalue weighted by atomic mass is 35.5. The molecule has 0 N–H and O–H groups in total. The summed E-state index contributed by atoms with van der Waals surface area (Å²) in [7, 11) is 0. The van der Waals surface area contributed by atoms with Gasteiger partial charge in [0.05, 0.1) is 29.6 Å². The third kappa shape index (κ3) is 2.87. The molecule has 1 aliphatic rings. The Morgan fingerprint density at radius 1 is 1.18 bits per heavy atom. The number of hydrogen-bond donors (Lipinski definition) is 0. The number of morpholine rings is 1. The van der Waals surface area contributed by atoms with Crippen molar-refractivity contribution in [3.05, 3.63) is 51.2 Å². The van der Waals surface area contributed by atoms with E-state index in [2.05, 4.69) is 9.88 Å². The van der Waals surface area contributed by atoms with Crippen molar-refractivity contribution in [2.75, 3.05) is 31.2 Å². The standard InChI is InChI=1S/C16H18ClN3O2/c1-11-9-16(21)20(12(2)18-11)13-3-4-15(14(17)10-13)19-5-7-22-8-6-19/h3-4,9-10H,5-8H2,1-2H3. The van der Waals surface area contributed by atoms with Gasteiger partial charge < -0.3 is 9.64 Å². The van der Waals surface area contributed by atoms with Crippen LogP contribution in [-0.4, -0.2) is 35.9 Å². The molecule has 2 heterocycles. The number of ether oxygens (including phenoxy) is 1. The first-order chi connectivity index (χ1) is 10.6. The van der Waals surface area contributed by atoms with Crippen LogP contribution in [0.15, 0.2) is 29.1 Å².